The highest BCUT2D eigenvalue weighted by Crippen LogP contribution is 2.42. The quantitative estimate of drug-likeness (QED) is 0.705. The summed E-state index contributed by atoms with van der Waals surface area (Å²) in [5, 5.41) is 9.47. The summed E-state index contributed by atoms with van der Waals surface area (Å²) in [7, 11) is 0. The topological polar surface area (TPSA) is 24.9 Å². The van der Waals surface area contributed by atoms with Crippen LogP contribution in [0.1, 0.15) is 51.6 Å². The lowest BCUT2D eigenvalue weighted by Crippen LogP contribution is -2.35. The zero-order valence-corrected chi connectivity index (χ0v) is 15.0. The van der Waals surface area contributed by atoms with Gasteiger partial charge in [-0.05, 0) is 35.9 Å². The van der Waals surface area contributed by atoms with E-state index in [9.17, 15) is 0 Å². The molecular formula is C19H20N2S2. The number of fused-ring (bicyclic) bond motifs is 1. The van der Waals surface area contributed by atoms with E-state index in [1.54, 1.807) is 11.3 Å². The third-order valence-electron chi connectivity index (χ3n) is 4.63. The van der Waals surface area contributed by atoms with Gasteiger partial charge in [0.25, 0.3) is 0 Å². The van der Waals surface area contributed by atoms with E-state index >= 15 is 0 Å². The third-order valence-corrected chi connectivity index (χ3v) is 6.75. The largest absolute Gasteiger partial charge is 0.299 e. The molecule has 0 aliphatic carbocycles. The molecule has 1 unspecified atom stereocenters. The third kappa shape index (κ3) is 2.87. The molecule has 0 bridgehead atoms. The first-order valence-corrected chi connectivity index (χ1v) is 9.77. The van der Waals surface area contributed by atoms with Crippen LogP contribution in [0.3, 0.4) is 0 Å². The fourth-order valence-electron chi connectivity index (χ4n) is 3.37. The summed E-state index contributed by atoms with van der Waals surface area (Å²) in [5.41, 5.74) is 4.00. The summed E-state index contributed by atoms with van der Waals surface area (Å²) in [6.07, 6.45) is 1.05. The Hall–Kier alpha value is -1.49. The van der Waals surface area contributed by atoms with Gasteiger partial charge in [-0.1, -0.05) is 37.3 Å². The lowest BCUT2D eigenvalue weighted by Gasteiger charge is -2.34. The molecule has 3 heterocycles. The Bertz CT molecular complexity index is 791. The number of thiophene rings is 1. The van der Waals surface area contributed by atoms with Crippen molar-refractivity contribution in [2.24, 2.45) is 0 Å². The molecule has 0 saturated carbocycles. The van der Waals surface area contributed by atoms with E-state index in [-0.39, 0.29) is 0 Å². The highest BCUT2D eigenvalue weighted by Gasteiger charge is 2.33. The minimum atomic E-state index is 0.326. The van der Waals surface area contributed by atoms with Crippen LogP contribution in [-0.2, 0) is 6.42 Å². The fraction of sp³-hybridized carbons (Fsp3) is 0.316. The van der Waals surface area contributed by atoms with Crippen molar-refractivity contribution >= 4 is 22.7 Å². The molecule has 0 saturated heterocycles. The number of nitrogens with one attached hydrogen (secondary N) is 1. The van der Waals surface area contributed by atoms with Gasteiger partial charge in [-0.3, -0.25) is 5.32 Å². The number of aryl methyl sites for hydroxylation is 1. The van der Waals surface area contributed by atoms with E-state index in [4.69, 9.17) is 4.98 Å². The van der Waals surface area contributed by atoms with Crippen LogP contribution in [0.4, 0.5) is 0 Å². The summed E-state index contributed by atoms with van der Waals surface area (Å²) in [5.74, 6) is 0.442. The van der Waals surface area contributed by atoms with E-state index in [1.807, 2.05) is 11.3 Å². The normalized spacial score (nSPS) is 21.8. The van der Waals surface area contributed by atoms with Crippen LogP contribution in [0.5, 0.6) is 0 Å². The van der Waals surface area contributed by atoms with E-state index in [1.165, 1.54) is 21.0 Å². The minimum Gasteiger partial charge on any atom is -0.299 e. The van der Waals surface area contributed by atoms with Gasteiger partial charge in [0.15, 0.2) is 0 Å². The van der Waals surface area contributed by atoms with Crippen molar-refractivity contribution in [1.29, 1.82) is 0 Å². The van der Waals surface area contributed by atoms with Crippen molar-refractivity contribution in [1.82, 2.24) is 10.3 Å². The van der Waals surface area contributed by atoms with Crippen LogP contribution >= 0.6 is 22.7 Å². The second kappa shape index (κ2) is 6.19. The van der Waals surface area contributed by atoms with Gasteiger partial charge in [0.1, 0.15) is 5.01 Å². The lowest BCUT2D eigenvalue weighted by atomic mass is 9.86. The van der Waals surface area contributed by atoms with Gasteiger partial charge in [0, 0.05) is 27.9 Å². The second-order valence-electron chi connectivity index (χ2n) is 6.24. The van der Waals surface area contributed by atoms with Crippen LogP contribution in [0.15, 0.2) is 47.2 Å². The van der Waals surface area contributed by atoms with Crippen LogP contribution < -0.4 is 5.32 Å². The molecule has 23 heavy (non-hydrogen) atoms. The summed E-state index contributed by atoms with van der Waals surface area (Å²) in [4.78, 5) is 6.21. The smallest absolute Gasteiger partial charge is 0.110 e. The van der Waals surface area contributed by atoms with Gasteiger partial charge in [0.2, 0.25) is 0 Å². The van der Waals surface area contributed by atoms with Gasteiger partial charge < -0.3 is 0 Å². The Balaban J connectivity index is 1.68. The molecule has 1 N–H and O–H groups in total. The molecule has 0 amide bonds. The summed E-state index contributed by atoms with van der Waals surface area (Å²) in [6, 6.07) is 13.8. The maximum Gasteiger partial charge on any atom is 0.110 e. The molecule has 1 aliphatic rings. The van der Waals surface area contributed by atoms with Crippen molar-refractivity contribution in [2.75, 3.05) is 0 Å². The zero-order chi connectivity index (χ0) is 15.8. The first-order valence-electron chi connectivity index (χ1n) is 8.01. The molecule has 1 aliphatic heterocycles. The molecule has 0 radical (unpaired) electrons. The van der Waals surface area contributed by atoms with Gasteiger partial charge in [-0.15, -0.1) is 22.7 Å². The molecule has 4 rings (SSSR count). The Morgan fingerprint density at radius 3 is 2.74 bits per heavy atom. The molecule has 0 fully saturated rings. The van der Waals surface area contributed by atoms with Gasteiger partial charge >= 0.3 is 0 Å². The Labute approximate surface area is 145 Å². The van der Waals surface area contributed by atoms with Crippen LogP contribution in [0.2, 0.25) is 0 Å². The molecule has 2 aromatic heterocycles. The van der Waals surface area contributed by atoms with Crippen LogP contribution in [0, 0.1) is 6.92 Å². The second-order valence-corrected chi connectivity index (χ2v) is 8.07. The van der Waals surface area contributed by atoms with Crippen molar-refractivity contribution in [3.8, 4) is 0 Å². The molecule has 1 aromatic carbocycles. The first-order chi connectivity index (χ1) is 11.2. The number of aromatic nitrogens is 1. The summed E-state index contributed by atoms with van der Waals surface area (Å²) in [6.45, 7) is 4.40. The van der Waals surface area contributed by atoms with Gasteiger partial charge in [-0.2, -0.15) is 0 Å². The Morgan fingerprint density at radius 2 is 2.00 bits per heavy atom. The number of benzene rings is 1. The fourth-order valence-corrected chi connectivity index (χ4v) is 5.33. The summed E-state index contributed by atoms with van der Waals surface area (Å²) >= 11 is 3.65. The van der Waals surface area contributed by atoms with Crippen LogP contribution in [0.25, 0.3) is 0 Å². The Morgan fingerprint density at radius 1 is 1.17 bits per heavy atom. The summed E-state index contributed by atoms with van der Waals surface area (Å²) < 4.78 is 0. The SMILES string of the molecule is Cc1csc([C@H]2Cc3ccsc3[C@@H](C(C)c3ccccc3)N2)n1. The lowest BCUT2D eigenvalue weighted by molar-refractivity contribution is 0.378. The van der Waals surface area contributed by atoms with Crippen molar-refractivity contribution in [2.45, 2.75) is 38.3 Å². The van der Waals surface area contributed by atoms with E-state index in [2.05, 4.69) is 66.3 Å². The highest BCUT2D eigenvalue weighted by molar-refractivity contribution is 7.10. The van der Waals surface area contributed by atoms with E-state index in [0.29, 0.717) is 18.0 Å². The predicted molar refractivity (Wildman–Crippen MR) is 98.3 cm³/mol. The molecule has 4 heteroatoms. The molecule has 0 spiro atoms. The molecule has 3 atom stereocenters. The van der Waals surface area contributed by atoms with Gasteiger partial charge in [-0.25, -0.2) is 4.98 Å². The highest BCUT2D eigenvalue weighted by atomic mass is 32.1. The number of thiazole rings is 1. The van der Waals surface area contributed by atoms with Crippen molar-refractivity contribution in [3.63, 3.8) is 0 Å². The first kappa shape index (κ1) is 15.1. The van der Waals surface area contributed by atoms with Crippen molar-refractivity contribution in [3.05, 3.63) is 73.9 Å². The standard InChI is InChI=1S/C19H20N2S2/c1-12-11-23-19(20-12)16-10-15-8-9-22-18(15)17(21-16)13(2)14-6-4-3-5-7-14/h3-9,11,13,16-17,21H,10H2,1-2H3/t13?,16-,17-/m1/s1. The maximum atomic E-state index is 4.72. The van der Waals surface area contributed by atoms with Crippen molar-refractivity contribution < 1.29 is 0 Å². The number of hydrogen-bond donors (Lipinski definition) is 1. The number of rotatable bonds is 3. The minimum absolute atomic E-state index is 0.326. The zero-order valence-electron chi connectivity index (χ0n) is 13.3. The molecule has 2 nitrogen and oxygen atoms in total. The van der Waals surface area contributed by atoms with Gasteiger partial charge in [0.05, 0.1) is 6.04 Å². The predicted octanol–water partition coefficient (Wildman–Crippen LogP) is 5.24. The molecular weight excluding hydrogens is 320 g/mol. The average molecular weight is 341 g/mol. The number of nitrogens with zero attached hydrogens (tertiary/aromatic N) is 1. The van der Waals surface area contributed by atoms with Crippen LogP contribution in [-0.4, -0.2) is 4.98 Å². The molecule has 3 aromatic rings. The molecule has 118 valence electrons. The number of hydrogen-bond acceptors (Lipinski definition) is 4. The van der Waals surface area contributed by atoms with E-state index in [0.717, 1.165) is 12.1 Å². The monoisotopic (exact) mass is 340 g/mol. The average Bonchev–Trinajstić information content (AvgIpc) is 3.22. The van der Waals surface area contributed by atoms with E-state index < -0.39 is 0 Å². The maximum absolute atomic E-state index is 4.72. The Kier molecular flexibility index (Phi) is 4.05.